The summed E-state index contributed by atoms with van der Waals surface area (Å²) in [6, 6.07) is 12.2. The lowest BCUT2D eigenvalue weighted by Crippen LogP contribution is -1.99. The number of ether oxygens (including phenoxy) is 2. The van der Waals surface area contributed by atoms with Crippen molar-refractivity contribution < 1.29 is 32.7 Å². The zero-order chi connectivity index (χ0) is 28.0. The van der Waals surface area contributed by atoms with Gasteiger partial charge in [0.2, 0.25) is 0 Å². The smallest absolute Gasteiger partial charge is 0.347 e. The molecule has 2 aliphatic rings. The van der Waals surface area contributed by atoms with E-state index in [-0.39, 0.29) is 38.4 Å². The Labute approximate surface area is 218 Å². The molecule has 0 amide bonds. The third-order valence-electron chi connectivity index (χ3n) is 6.95. The standard InChI is InChI=1S/C15H6O5.C14H4O6/c1-6-7-2-3-9-8(11(7)14(17)19-6)4-5-10-12(9)15(18)20-13(10)16;15-11-7-3-1-5-6(10(7)14(18)19-11)2-4-8-9(5)13(17)20-12(8)16/h2-5H,1H2;1-4H. The molecule has 2 aromatic heterocycles. The normalized spacial score (nSPS) is 14.0. The van der Waals surface area contributed by atoms with Crippen molar-refractivity contribution >= 4 is 66.8 Å². The van der Waals surface area contributed by atoms with Crippen molar-refractivity contribution in [2.75, 3.05) is 0 Å². The second kappa shape index (κ2) is 7.77. The first-order chi connectivity index (χ1) is 19.2. The van der Waals surface area contributed by atoms with E-state index in [1.54, 1.807) is 18.2 Å². The Morgan fingerprint density at radius 2 is 0.850 bits per heavy atom. The van der Waals surface area contributed by atoms with Crippen LogP contribution in [-0.2, 0) is 9.47 Å². The highest BCUT2D eigenvalue weighted by atomic mass is 16.6. The zero-order valence-corrected chi connectivity index (χ0v) is 19.8. The summed E-state index contributed by atoms with van der Waals surface area (Å²) in [5.41, 5.74) is -1.57. The number of benzene rings is 4. The summed E-state index contributed by atoms with van der Waals surface area (Å²) in [4.78, 5) is 81.5. The molecule has 192 valence electrons. The lowest BCUT2D eigenvalue weighted by atomic mass is 9.94. The molecule has 2 aliphatic heterocycles. The molecule has 0 radical (unpaired) electrons. The van der Waals surface area contributed by atoms with Gasteiger partial charge in [0.05, 0.1) is 38.2 Å². The van der Waals surface area contributed by atoms with Gasteiger partial charge in [-0.1, -0.05) is 30.8 Å². The number of furan rings is 2. The Balaban J connectivity index is 0.000000132. The number of rotatable bonds is 0. The van der Waals surface area contributed by atoms with Gasteiger partial charge in [0.15, 0.2) is 0 Å². The minimum Gasteiger partial charge on any atom is -0.423 e. The molecule has 0 bridgehead atoms. The first-order valence-electron chi connectivity index (χ1n) is 11.6. The van der Waals surface area contributed by atoms with Gasteiger partial charge < -0.3 is 18.3 Å². The van der Waals surface area contributed by atoms with Crippen molar-refractivity contribution in [3.63, 3.8) is 0 Å². The van der Waals surface area contributed by atoms with Gasteiger partial charge in [-0.3, -0.25) is 0 Å². The fourth-order valence-corrected chi connectivity index (χ4v) is 5.22. The Morgan fingerprint density at radius 1 is 0.425 bits per heavy atom. The molecule has 0 atom stereocenters. The van der Waals surface area contributed by atoms with Crippen molar-refractivity contribution in [2.24, 2.45) is 0 Å². The maximum atomic E-state index is 11.9. The van der Waals surface area contributed by atoms with Crippen LogP contribution in [0.25, 0.3) is 48.8 Å². The van der Waals surface area contributed by atoms with Crippen LogP contribution in [0.5, 0.6) is 0 Å². The van der Waals surface area contributed by atoms with E-state index >= 15 is 0 Å². The first-order valence-corrected chi connectivity index (χ1v) is 11.6. The van der Waals surface area contributed by atoms with Crippen molar-refractivity contribution in [3.05, 3.63) is 119 Å². The number of hydrogen-bond donors (Lipinski definition) is 0. The van der Waals surface area contributed by atoms with Crippen LogP contribution in [-0.4, -0.2) is 17.9 Å². The highest BCUT2D eigenvalue weighted by Gasteiger charge is 2.34. The predicted octanol–water partition coefficient (Wildman–Crippen LogP) is 2.94. The van der Waals surface area contributed by atoms with Crippen LogP contribution in [0.4, 0.5) is 0 Å². The summed E-state index contributed by atoms with van der Waals surface area (Å²) >= 11 is 0. The largest absolute Gasteiger partial charge is 0.423 e. The molecule has 0 N–H and O–H groups in total. The van der Waals surface area contributed by atoms with Gasteiger partial charge in [-0.05, 0) is 45.8 Å². The number of cyclic esters (lactones) is 3. The van der Waals surface area contributed by atoms with E-state index in [4.69, 9.17) is 4.74 Å². The number of carbonyl (C=O) groups is 3. The average molecular weight is 534 g/mol. The summed E-state index contributed by atoms with van der Waals surface area (Å²) in [6.07, 6.45) is 0. The lowest BCUT2D eigenvalue weighted by Gasteiger charge is -2.04. The number of fused-ring (bicyclic) bond motifs is 10. The van der Waals surface area contributed by atoms with Gasteiger partial charge >= 0.3 is 40.4 Å². The molecular formula is C29H10O11. The molecule has 40 heavy (non-hydrogen) atoms. The maximum absolute atomic E-state index is 11.9. The molecule has 0 spiro atoms. The van der Waals surface area contributed by atoms with Crippen LogP contribution in [0.2, 0.25) is 0 Å². The highest BCUT2D eigenvalue weighted by molar-refractivity contribution is 6.24. The third-order valence-corrected chi connectivity index (χ3v) is 6.95. The lowest BCUT2D eigenvalue weighted by molar-refractivity contribution is 0.0444. The Bertz CT molecular complexity index is 2260. The van der Waals surface area contributed by atoms with Gasteiger partial charge in [0.25, 0.3) is 0 Å². The van der Waals surface area contributed by atoms with E-state index in [1.165, 1.54) is 30.3 Å². The molecule has 0 unspecified atom stereocenters. The van der Waals surface area contributed by atoms with Crippen molar-refractivity contribution in [1.29, 1.82) is 0 Å². The minimum absolute atomic E-state index is 0.113. The van der Waals surface area contributed by atoms with Crippen molar-refractivity contribution in [3.8, 4) is 0 Å². The SMILES string of the molecule is C=C1OC(=O)c2c1ccc1c3c(ccc21)C(=O)OC3=O.O=c1oc(=O)c2c1ccc1c2ccc2c(=O)oc(=O)c21. The minimum atomic E-state index is -0.756. The van der Waals surface area contributed by atoms with Crippen LogP contribution < -0.4 is 22.5 Å². The van der Waals surface area contributed by atoms with Crippen LogP contribution in [0.15, 0.2) is 83.1 Å². The molecule has 11 nitrogen and oxygen atoms in total. The molecule has 0 aliphatic carbocycles. The summed E-state index contributed by atoms with van der Waals surface area (Å²) in [5, 5.41) is 2.37. The summed E-state index contributed by atoms with van der Waals surface area (Å²) in [5.74, 6) is -1.58. The zero-order valence-electron chi connectivity index (χ0n) is 19.8. The van der Waals surface area contributed by atoms with Gasteiger partial charge in [-0.25, -0.2) is 33.6 Å². The number of esters is 3. The molecule has 0 fully saturated rings. The summed E-state index contributed by atoms with van der Waals surface area (Å²) < 4.78 is 18.7. The van der Waals surface area contributed by atoms with Crippen LogP contribution in [0.3, 0.4) is 0 Å². The first kappa shape index (κ1) is 23.2. The highest BCUT2D eigenvalue weighted by Crippen LogP contribution is 2.37. The molecule has 11 heteroatoms. The van der Waals surface area contributed by atoms with Crippen molar-refractivity contribution in [1.82, 2.24) is 0 Å². The van der Waals surface area contributed by atoms with E-state index in [0.717, 1.165) is 0 Å². The molecule has 0 saturated heterocycles. The molecule has 4 aromatic carbocycles. The van der Waals surface area contributed by atoms with Gasteiger partial charge in [-0.2, -0.15) is 0 Å². The van der Waals surface area contributed by atoms with Crippen LogP contribution in [0.1, 0.15) is 36.6 Å². The van der Waals surface area contributed by atoms with Gasteiger partial charge in [0.1, 0.15) is 5.76 Å². The van der Waals surface area contributed by atoms with Crippen molar-refractivity contribution in [2.45, 2.75) is 0 Å². The topological polar surface area (TPSA) is 164 Å². The molecule has 6 aromatic rings. The fourth-order valence-electron chi connectivity index (χ4n) is 5.22. The number of carbonyl (C=O) groups excluding carboxylic acids is 3. The molecule has 0 saturated carbocycles. The third kappa shape index (κ3) is 2.96. The monoisotopic (exact) mass is 534 g/mol. The Kier molecular flexibility index (Phi) is 4.50. The van der Waals surface area contributed by atoms with E-state index in [1.807, 2.05) is 0 Å². The van der Waals surface area contributed by atoms with E-state index in [2.05, 4.69) is 20.2 Å². The molecular weight excluding hydrogens is 524 g/mol. The Hall–Kier alpha value is -5.97. The van der Waals surface area contributed by atoms with Crippen LogP contribution >= 0.6 is 0 Å². The second-order valence-electron chi connectivity index (χ2n) is 8.99. The van der Waals surface area contributed by atoms with Crippen LogP contribution in [0, 0.1) is 0 Å². The Morgan fingerprint density at radius 3 is 1.40 bits per heavy atom. The van der Waals surface area contributed by atoms with Gasteiger partial charge in [0, 0.05) is 5.56 Å². The molecule has 4 heterocycles. The van der Waals surface area contributed by atoms with E-state index < -0.39 is 40.4 Å². The van der Waals surface area contributed by atoms with E-state index in [0.29, 0.717) is 32.7 Å². The fraction of sp³-hybridized carbons (Fsp3) is 0. The summed E-state index contributed by atoms with van der Waals surface area (Å²) in [6.45, 7) is 3.66. The molecule has 8 rings (SSSR count). The van der Waals surface area contributed by atoms with Gasteiger partial charge in [-0.15, -0.1) is 0 Å². The maximum Gasteiger partial charge on any atom is 0.347 e. The quantitative estimate of drug-likeness (QED) is 0.208. The number of hydrogen-bond acceptors (Lipinski definition) is 11. The predicted molar refractivity (Wildman–Crippen MR) is 139 cm³/mol. The second-order valence-corrected chi connectivity index (χ2v) is 8.99. The average Bonchev–Trinajstić information content (AvgIpc) is 3.60. The van der Waals surface area contributed by atoms with E-state index in [9.17, 15) is 33.6 Å². The summed E-state index contributed by atoms with van der Waals surface area (Å²) in [7, 11) is 0.